The fourth-order valence-corrected chi connectivity index (χ4v) is 2.50. The highest BCUT2D eigenvalue weighted by molar-refractivity contribution is 5.54. The maximum atomic E-state index is 11.5. The average Bonchev–Trinajstić information content (AvgIpc) is 2.66. The molecule has 0 amide bonds. The molecule has 7 heteroatoms. The summed E-state index contributed by atoms with van der Waals surface area (Å²) in [5.41, 5.74) is 1.38. The Bertz CT molecular complexity index is 750. The predicted molar refractivity (Wildman–Crippen MR) is 103 cm³/mol. The molecule has 2 rings (SSSR count). The van der Waals surface area contributed by atoms with Crippen molar-refractivity contribution in [2.45, 2.75) is 33.1 Å². The molecule has 0 radical (unpaired) electrons. The molecule has 7 nitrogen and oxygen atoms in total. The largest absolute Gasteiger partial charge is 0.493 e. The molecule has 0 spiro atoms. The van der Waals surface area contributed by atoms with Crippen LogP contribution < -0.4 is 14.8 Å². The molecule has 2 aromatic carbocycles. The van der Waals surface area contributed by atoms with Gasteiger partial charge in [-0.15, -0.1) is 0 Å². The first-order valence-electron chi connectivity index (χ1n) is 8.83. The van der Waals surface area contributed by atoms with Gasteiger partial charge in [0.1, 0.15) is 6.61 Å². The van der Waals surface area contributed by atoms with Crippen molar-refractivity contribution >= 4 is 5.69 Å². The second kappa shape index (κ2) is 9.89. The van der Waals surface area contributed by atoms with E-state index in [1.54, 1.807) is 6.07 Å². The number of ether oxygens (including phenoxy) is 2. The minimum atomic E-state index is -0.514. The van der Waals surface area contributed by atoms with Gasteiger partial charge in [0, 0.05) is 18.7 Å². The number of nitro benzene ring substituents is 1. The summed E-state index contributed by atoms with van der Waals surface area (Å²) < 4.78 is 11.1. The van der Waals surface area contributed by atoms with Crippen molar-refractivity contribution in [3.8, 4) is 11.5 Å². The van der Waals surface area contributed by atoms with E-state index in [0.29, 0.717) is 23.6 Å². The van der Waals surface area contributed by atoms with Gasteiger partial charge in [-0.05, 0) is 17.5 Å². The lowest BCUT2D eigenvalue weighted by atomic mass is 10.1. The van der Waals surface area contributed by atoms with E-state index in [-0.39, 0.29) is 24.8 Å². The summed E-state index contributed by atoms with van der Waals surface area (Å²) in [6, 6.07) is 12.5. The molecule has 146 valence electrons. The first-order chi connectivity index (χ1) is 12.9. The molecule has 0 fully saturated rings. The summed E-state index contributed by atoms with van der Waals surface area (Å²) in [7, 11) is 1.50. The van der Waals surface area contributed by atoms with E-state index in [9.17, 15) is 15.2 Å². The number of hydrogen-bond acceptors (Lipinski definition) is 6. The highest BCUT2D eigenvalue weighted by Crippen LogP contribution is 2.35. The Hall–Kier alpha value is -2.64. The molecule has 1 atom stereocenters. The standard InChI is InChI=1S/C20H26N2O5/c1-14(2)18(23)12-21-11-16-9-19(26-3)20(10-17(16)22(24)25)27-13-15-7-5-4-6-8-15/h4-10,14,18,21,23H,11-13H2,1-3H3. The Morgan fingerprint density at radius 3 is 2.48 bits per heavy atom. The van der Waals surface area contributed by atoms with Crippen LogP contribution >= 0.6 is 0 Å². The second-order valence-electron chi connectivity index (χ2n) is 6.61. The maximum absolute atomic E-state index is 11.5. The lowest BCUT2D eigenvalue weighted by molar-refractivity contribution is -0.385. The van der Waals surface area contributed by atoms with Crippen molar-refractivity contribution in [2.24, 2.45) is 5.92 Å². The van der Waals surface area contributed by atoms with Crippen molar-refractivity contribution in [2.75, 3.05) is 13.7 Å². The van der Waals surface area contributed by atoms with Crippen LogP contribution in [0.3, 0.4) is 0 Å². The highest BCUT2D eigenvalue weighted by atomic mass is 16.6. The Labute approximate surface area is 159 Å². The number of nitro groups is 1. The van der Waals surface area contributed by atoms with Crippen molar-refractivity contribution in [3.63, 3.8) is 0 Å². The van der Waals surface area contributed by atoms with Crippen LogP contribution in [0.15, 0.2) is 42.5 Å². The van der Waals surface area contributed by atoms with Crippen molar-refractivity contribution < 1.29 is 19.5 Å². The molecule has 0 saturated carbocycles. The molecule has 27 heavy (non-hydrogen) atoms. The van der Waals surface area contributed by atoms with Crippen LogP contribution in [0.2, 0.25) is 0 Å². The van der Waals surface area contributed by atoms with Crippen LogP contribution in [-0.4, -0.2) is 29.8 Å². The van der Waals surface area contributed by atoms with Crippen LogP contribution in [-0.2, 0) is 13.2 Å². The zero-order valence-electron chi connectivity index (χ0n) is 15.8. The predicted octanol–water partition coefficient (Wildman–Crippen LogP) is 3.29. The van der Waals surface area contributed by atoms with Gasteiger partial charge in [-0.25, -0.2) is 0 Å². The molecule has 2 N–H and O–H groups in total. The summed E-state index contributed by atoms with van der Waals surface area (Å²) in [4.78, 5) is 11.0. The summed E-state index contributed by atoms with van der Waals surface area (Å²) in [6.45, 7) is 4.71. The summed E-state index contributed by atoms with van der Waals surface area (Å²) in [6.07, 6.45) is -0.514. The SMILES string of the molecule is COc1cc(CNCC(O)C(C)C)c([N+](=O)[O-])cc1OCc1ccccc1. The number of methoxy groups -OCH3 is 1. The average molecular weight is 374 g/mol. The number of aliphatic hydroxyl groups excluding tert-OH is 1. The molecule has 0 aromatic heterocycles. The molecular weight excluding hydrogens is 348 g/mol. The van der Waals surface area contributed by atoms with E-state index in [2.05, 4.69) is 5.32 Å². The van der Waals surface area contributed by atoms with Crippen LogP contribution in [0.1, 0.15) is 25.0 Å². The maximum Gasteiger partial charge on any atom is 0.277 e. The van der Waals surface area contributed by atoms with E-state index >= 15 is 0 Å². The van der Waals surface area contributed by atoms with E-state index < -0.39 is 11.0 Å². The van der Waals surface area contributed by atoms with Gasteiger partial charge in [-0.1, -0.05) is 44.2 Å². The fourth-order valence-electron chi connectivity index (χ4n) is 2.50. The minimum absolute atomic E-state index is 0.0506. The third-order valence-electron chi connectivity index (χ3n) is 4.24. The van der Waals surface area contributed by atoms with Crippen LogP contribution in [0, 0.1) is 16.0 Å². The van der Waals surface area contributed by atoms with Crippen molar-refractivity contribution in [3.05, 3.63) is 63.7 Å². The Kier molecular flexibility index (Phi) is 7.57. The molecule has 0 bridgehead atoms. The number of nitrogens with zero attached hydrogens (tertiary/aromatic N) is 1. The van der Waals surface area contributed by atoms with Gasteiger partial charge in [0.15, 0.2) is 11.5 Å². The van der Waals surface area contributed by atoms with E-state index in [0.717, 1.165) is 5.56 Å². The molecule has 0 aliphatic heterocycles. The van der Waals surface area contributed by atoms with Crippen LogP contribution in [0.4, 0.5) is 5.69 Å². The fraction of sp³-hybridized carbons (Fsp3) is 0.400. The Morgan fingerprint density at radius 1 is 1.19 bits per heavy atom. The quantitative estimate of drug-likeness (QED) is 0.490. The second-order valence-corrected chi connectivity index (χ2v) is 6.61. The third kappa shape index (κ3) is 5.94. The Balaban J connectivity index is 2.16. The van der Waals surface area contributed by atoms with E-state index in [4.69, 9.17) is 9.47 Å². The molecule has 0 heterocycles. The first kappa shape index (κ1) is 20.7. The highest BCUT2D eigenvalue weighted by Gasteiger charge is 2.20. The molecule has 0 aliphatic rings. The summed E-state index contributed by atoms with van der Waals surface area (Å²) >= 11 is 0. The number of aliphatic hydroxyl groups is 1. The Morgan fingerprint density at radius 2 is 1.89 bits per heavy atom. The van der Waals surface area contributed by atoms with Gasteiger partial charge in [-0.3, -0.25) is 10.1 Å². The number of rotatable bonds is 10. The lowest BCUT2D eigenvalue weighted by Crippen LogP contribution is -2.30. The summed E-state index contributed by atoms with van der Waals surface area (Å²) in [5.74, 6) is 0.854. The lowest BCUT2D eigenvalue weighted by Gasteiger charge is -2.16. The molecule has 1 unspecified atom stereocenters. The number of benzene rings is 2. The summed E-state index contributed by atoms with van der Waals surface area (Å²) in [5, 5.41) is 24.4. The molecule has 0 saturated heterocycles. The van der Waals surface area contributed by atoms with Crippen LogP contribution in [0.5, 0.6) is 11.5 Å². The van der Waals surface area contributed by atoms with Crippen molar-refractivity contribution in [1.29, 1.82) is 0 Å². The van der Waals surface area contributed by atoms with E-state index in [1.165, 1.54) is 13.2 Å². The van der Waals surface area contributed by atoms with Gasteiger partial charge >= 0.3 is 0 Å². The molecular formula is C20H26N2O5. The number of hydrogen-bond donors (Lipinski definition) is 2. The minimum Gasteiger partial charge on any atom is -0.493 e. The van der Waals surface area contributed by atoms with Gasteiger partial charge in [-0.2, -0.15) is 0 Å². The first-order valence-corrected chi connectivity index (χ1v) is 8.83. The van der Waals surface area contributed by atoms with Gasteiger partial charge in [0.25, 0.3) is 5.69 Å². The van der Waals surface area contributed by atoms with Gasteiger partial charge in [0.2, 0.25) is 0 Å². The van der Waals surface area contributed by atoms with E-state index in [1.807, 2.05) is 44.2 Å². The van der Waals surface area contributed by atoms with Gasteiger partial charge in [0.05, 0.1) is 24.2 Å². The van der Waals surface area contributed by atoms with Gasteiger partial charge < -0.3 is 19.9 Å². The topological polar surface area (TPSA) is 93.9 Å². The third-order valence-corrected chi connectivity index (χ3v) is 4.24. The number of nitrogens with one attached hydrogen (secondary N) is 1. The van der Waals surface area contributed by atoms with Crippen LogP contribution in [0.25, 0.3) is 0 Å². The monoisotopic (exact) mass is 374 g/mol. The normalized spacial score (nSPS) is 12.0. The smallest absolute Gasteiger partial charge is 0.277 e. The zero-order chi connectivity index (χ0) is 19.8. The van der Waals surface area contributed by atoms with Crippen molar-refractivity contribution in [1.82, 2.24) is 5.32 Å². The molecule has 0 aliphatic carbocycles. The zero-order valence-corrected chi connectivity index (χ0v) is 15.8. The molecule has 2 aromatic rings.